The van der Waals surface area contributed by atoms with Crippen LogP contribution < -0.4 is 4.90 Å². The van der Waals surface area contributed by atoms with Crippen LogP contribution in [-0.4, -0.2) is 4.57 Å². The molecular formula is C58H40N2. The smallest absolute Gasteiger partial charge is 0.0541 e. The van der Waals surface area contributed by atoms with Crippen LogP contribution in [0, 0.1) is 0 Å². The highest BCUT2D eigenvalue weighted by atomic mass is 15.1. The first-order valence-electron chi connectivity index (χ1n) is 20.6. The highest BCUT2D eigenvalue weighted by molar-refractivity contribution is 6.10. The molecule has 0 N–H and O–H groups in total. The first-order chi connectivity index (χ1) is 29.8. The molecule has 10 aromatic carbocycles. The summed E-state index contributed by atoms with van der Waals surface area (Å²) in [6.07, 6.45) is 0. The zero-order valence-electron chi connectivity index (χ0n) is 33.0. The van der Waals surface area contributed by atoms with Gasteiger partial charge in [0.15, 0.2) is 0 Å². The van der Waals surface area contributed by atoms with E-state index < -0.39 is 0 Å². The van der Waals surface area contributed by atoms with Crippen molar-refractivity contribution in [2.75, 3.05) is 4.90 Å². The van der Waals surface area contributed by atoms with E-state index in [-0.39, 0.29) is 0 Å². The van der Waals surface area contributed by atoms with Gasteiger partial charge in [0, 0.05) is 33.4 Å². The number of para-hydroxylation sites is 3. The summed E-state index contributed by atoms with van der Waals surface area (Å²) in [5.74, 6) is 0. The summed E-state index contributed by atoms with van der Waals surface area (Å²) in [5, 5.41) is 4.97. The molecule has 60 heavy (non-hydrogen) atoms. The molecule has 11 rings (SSSR count). The number of benzene rings is 10. The largest absolute Gasteiger partial charge is 0.310 e. The number of hydrogen-bond acceptors (Lipinski definition) is 1. The fraction of sp³-hybridized carbons (Fsp3) is 0. The Labute approximate surface area is 350 Å². The minimum Gasteiger partial charge on any atom is -0.310 e. The third kappa shape index (κ3) is 6.23. The van der Waals surface area contributed by atoms with Gasteiger partial charge < -0.3 is 9.47 Å². The maximum Gasteiger partial charge on any atom is 0.0541 e. The molecule has 2 heteroatoms. The van der Waals surface area contributed by atoms with Gasteiger partial charge >= 0.3 is 0 Å². The Morgan fingerprint density at radius 3 is 1.53 bits per heavy atom. The molecule has 0 spiro atoms. The lowest BCUT2D eigenvalue weighted by atomic mass is 9.90. The molecule has 0 aliphatic rings. The van der Waals surface area contributed by atoms with Crippen molar-refractivity contribution in [3.8, 4) is 50.2 Å². The SMILES string of the molecule is c1ccc(-c2cccc(N(c3ccc(-c4ccccc4-n4c5ccccc5c5ccccc54)cc3)c3ccc(-c4ccccc4)c(-c4cccc5ccccc45)c3)c2)cc1. The minimum atomic E-state index is 1.08. The predicted molar refractivity (Wildman–Crippen MR) is 255 cm³/mol. The van der Waals surface area contributed by atoms with Crippen LogP contribution in [0.4, 0.5) is 17.1 Å². The van der Waals surface area contributed by atoms with Crippen LogP contribution in [0.1, 0.15) is 0 Å². The predicted octanol–water partition coefficient (Wildman–Crippen LogP) is 16.1. The number of aromatic nitrogens is 1. The quantitative estimate of drug-likeness (QED) is 0.150. The fourth-order valence-corrected chi connectivity index (χ4v) is 9.01. The van der Waals surface area contributed by atoms with Crippen molar-refractivity contribution < 1.29 is 0 Å². The van der Waals surface area contributed by atoms with Gasteiger partial charge in [0.2, 0.25) is 0 Å². The van der Waals surface area contributed by atoms with Crippen LogP contribution in [-0.2, 0) is 0 Å². The lowest BCUT2D eigenvalue weighted by Gasteiger charge is -2.28. The summed E-state index contributed by atoms with van der Waals surface area (Å²) < 4.78 is 2.42. The van der Waals surface area contributed by atoms with Crippen molar-refractivity contribution in [1.29, 1.82) is 0 Å². The molecule has 0 unspecified atom stereocenters. The molecule has 2 nitrogen and oxygen atoms in total. The summed E-state index contributed by atoms with van der Waals surface area (Å²) in [6.45, 7) is 0. The number of rotatable bonds is 8. The summed E-state index contributed by atoms with van der Waals surface area (Å²) >= 11 is 0. The maximum atomic E-state index is 2.42. The summed E-state index contributed by atoms with van der Waals surface area (Å²) in [7, 11) is 0. The van der Waals surface area contributed by atoms with Crippen molar-refractivity contribution in [3.63, 3.8) is 0 Å². The van der Waals surface area contributed by atoms with E-state index >= 15 is 0 Å². The maximum absolute atomic E-state index is 2.42. The van der Waals surface area contributed by atoms with E-state index in [0.29, 0.717) is 0 Å². The van der Waals surface area contributed by atoms with Crippen molar-refractivity contribution in [2.24, 2.45) is 0 Å². The molecule has 0 saturated carbocycles. The lowest BCUT2D eigenvalue weighted by molar-refractivity contribution is 1.18. The number of anilines is 3. The number of nitrogens with zero attached hydrogens (tertiary/aromatic N) is 2. The Kier molecular flexibility index (Phi) is 8.87. The standard InChI is InChI=1S/C58H40N2/c1-3-17-41(18-4-1)45-23-15-24-47(39-45)59(48-37-38-50(42-19-5-2-6-20-42)55(40-48)52-29-16-22-43-21-7-8-25-49(43)52)46-35-33-44(34-36-46)51-26-9-12-30-56(51)60-57-31-13-10-27-53(57)54-28-11-14-32-58(54)60/h1-40H. The molecule has 1 heterocycles. The third-order valence-electron chi connectivity index (χ3n) is 11.8. The summed E-state index contributed by atoms with van der Waals surface area (Å²) in [4.78, 5) is 2.40. The molecule has 0 atom stereocenters. The van der Waals surface area contributed by atoms with Crippen LogP contribution in [0.3, 0.4) is 0 Å². The first kappa shape index (κ1) is 35.2. The Morgan fingerprint density at radius 2 is 0.783 bits per heavy atom. The van der Waals surface area contributed by atoms with Gasteiger partial charge in [0.05, 0.1) is 16.7 Å². The zero-order chi connectivity index (χ0) is 39.8. The van der Waals surface area contributed by atoms with E-state index in [2.05, 4.69) is 252 Å². The average Bonchev–Trinajstić information content (AvgIpc) is 3.66. The Balaban J connectivity index is 1.09. The third-order valence-corrected chi connectivity index (χ3v) is 11.8. The second kappa shape index (κ2) is 15.1. The minimum absolute atomic E-state index is 1.08. The normalized spacial score (nSPS) is 11.3. The number of hydrogen-bond donors (Lipinski definition) is 0. The molecular weight excluding hydrogens is 725 g/mol. The van der Waals surface area contributed by atoms with Gasteiger partial charge in [-0.3, -0.25) is 0 Å². The van der Waals surface area contributed by atoms with E-state index in [4.69, 9.17) is 0 Å². The molecule has 1 aromatic heterocycles. The van der Waals surface area contributed by atoms with Gasteiger partial charge in [-0.2, -0.15) is 0 Å². The van der Waals surface area contributed by atoms with Gasteiger partial charge in [-0.1, -0.05) is 188 Å². The van der Waals surface area contributed by atoms with Crippen LogP contribution in [0.25, 0.3) is 82.8 Å². The molecule has 0 radical (unpaired) electrons. The average molecular weight is 765 g/mol. The van der Waals surface area contributed by atoms with E-state index in [1.165, 1.54) is 71.5 Å². The van der Waals surface area contributed by atoms with E-state index in [0.717, 1.165) is 28.3 Å². The van der Waals surface area contributed by atoms with E-state index in [1.807, 2.05) is 0 Å². The molecule has 0 aliphatic heterocycles. The monoisotopic (exact) mass is 764 g/mol. The Morgan fingerprint density at radius 1 is 0.267 bits per heavy atom. The second-order valence-corrected chi connectivity index (χ2v) is 15.3. The highest BCUT2D eigenvalue weighted by Crippen LogP contribution is 2.44. The van der Waals surface area contributed by atoms with Gasteiger partial charge in [-0.25, -0.2) is 0 Å². The van der Waals surface area contributed by atoms with Crippen LogP contribution in [0.5, 0.6) is 0 Å². The van der Waals surface area contributed by atoms with Crippen molar-refractivity contribution >= 4 is 49.6 Å². The van der Waals surface area contributed by atoms with Crippen LogP contribution >= 0.6 is 0 Å². The van der Waals surface area contributed by atoms with Gasteiger partial charge in [0.1, 0.15) is 0 Å². The van der Waals surface area contributed by atoms with Crippen molar-refractivity contribution in [2.45, 2.75) is 0 Å². The molecule has 282 valence electrons. The van der Waals surface area contributed by atoms with Gasteiger partial charge in [-0.15, -0.1) is 0 Å². The molecule has 0 aliphatic carbocycles. The van der Waals surface area contributed by atoms with Crippen molar-refractivity contribution in [3.05, 3.63) is 243 Å². The van der Waals surface area contributed by atoms with Crippen molar-refractivity contribution in [1.82, 2.24) is 4.57 Å². The number of fused-ring (bicyclic) bond motifs is 4. The first-order valence-corrected chi connectivity index (χ1v) is 20.6. The van der Waals surface area contributed by atoms with Crippen LogP contribution in [0.15, 0.2) is 243 Å². The molecule has 0 saturated heterocycles. The second-order valence-electron chi connectivity index (χ2n) is 15.3. The topological polar surface area (TPSA) is 8.17 Å². The van der Waals surface area contributed by atoms with E-state index in [9.17, 15) is 0 Å². The van der Waals surface area contributed by atoms with E-state index in [1.54, 1.807) is 0 Å². The molecule has 0 fully saturated rings. The highest BCUT2D eigenvalue weighted by Gasteiger charge is 2.20. The molecule has 11 aromatic rings. The molecule has 0 bridgehead atoms. The summed E-state index contributed by atoms with van der Waals surface area (Å²) in [5.41, 5.74) is 16.3. The van der Waals surface area contributed by atoms with Gasteiger partial charge in [0.25, 0.3) is 0 Å². The lowest BCUT2D eigenvalue weighted by Crippen LogP contribution is -2.10. The summed E-state index contributed by atoms with van der Waals surface area (Å²) in [6, 6.07) is 87.9. The Hall–Kier alpha value is -7.94. The van der Waals surface area contributed by atoms with Gasteiger partial charge in [-0.05, 0) is 104 Å². The fourth-order valence-electron chi connectivity index (χ4n) is 9.01. The Bertz CT molecular complexity index is 3250. The molecule has 0 amide bonds. The van der Waals surface area contributed by atoms with Crippen LogP contribution in [0.2, 0.25) is 0 Å². The zero-order valence-corrected chi connectivity index (χ0v) is 33.0.